The van der Waals surface area contributed by atoms with E-state index in [1.54, 1.807) is 65.6 Å². The Morgan fingerprint density at radius 1 is 0.892 bits per heavy atom. The lowest BCUT2D eigenvalue weighted by molar-refractivity contribution is -0.131. The first-order valence-electron chi connectivity index (χ1n) is 12.0. The Morgan fingerprint density at radius 2 is 1.54 bits per heavy atom. The summed E-state index contributed by atoms with van der Waals surface area (Å²) in [5.41, 5.74) is -0.0941. The van der Waals surface area contributed by atoms with Gasteiger partial charge < -0.3 is 9.64 Å². The largest absolute Gasteiger partial charge is 0.424 e. The number of esters is 1. The van der Waals surface area contributed by atoms with Gasteiger partial charge in [0.2, 0.25) is 0 Å². The number of ketones is 3. The molecule has 1 aliphatic carbocycles. The molecule has 1 fully saturated rings. The van der Waals surface area contributed by atoms with Crippen LogP contribution in [-0.4, -0.2) is 35.4 Å². The molecule has 3 aromatic carbocycles. The van der Waals surface area contributed by atoms with Crippen molar-refractivity contribution in [3.8, 4) is 5.75 Å². The number of halogens is 1. The van der Waals surface area contributed by atoms with Crippen molar-refractivity contribution >= 4 is 35.1 Å². The first-order valence-corrected chi connectivity index (χ1v) is 12.0. The molecule has 0 amide bonds. The van der Waals surface area contributed by atoms with Crippen molar-refractivity contribution in [3.05, 3.63) is 101 Å². The first-order chi connectivity index (χ1) is 17.8. The summed E-state index contributed by atoms with van der Waals surface area (Å²) in [5, 5.41) is 0. The molecule has 184 valence electrons. The highest BCUT2D eigenvalue weighted by atomic mass is 19.1. The summed E-state index contributed by atoms with van der Waals surface area (Å²) in [6.07, 6.45) is 3.49. The van der Waals surface area contributed by atoms with E-state index in [1.165, 1.54) is 32.0 Å². The van der Waals surface area contributed by atoms with Gasteiger partial charge in [-0.25, -0.2) is 4.39 Å². The van der Waals surface area contributed by atoms with Crippen molar-refractivity contribution in [1.29, 1.82) is 0 Å². The third-order valence-corrected chi connectivity index (χ3v) is 7.70. The summed E-state index contributed by atoms with van der Waals surface area (Å²) < 4.78 is 21.0. The Balaban J connectivity index is 1.70. The third-order valence-electron chi connectivity index (χ3n) is 7.70. The maximum absolute atomic E-state index is 15.5. The quantitative estimate of drug-likeness (QED) is 0.296. The zero-order valence-electron chi connectivity index (χ0n) is 20.1. The van der Waals surface area contributed by atoms with E-state index in [4.69, 9.17) is 4.74 Å². The van der Waals surface area contributed by atoms with E-state index in [-0.39, 0.29) is 28.2 Å². The SMILES string of the molecule is CC(=O)Oc1cccc2c1N1[C@@H](C=C2)C2(C(=O)c3ccccc3C2=O)[C@@H](c2ccccc2F)[C@@H]1C(C)=O. The van der Waals surface area contributed by atoms with E-state index in [0.29, 0.717) is 11.3 Å². The molecule has 3 aliphatic rings. The number of Topliss-reactive ketones (excluding diaryl/α,β-unsaturated/α-hetero) is 3. The smallest absolute Gasteiger partial charge is 0.308 e. The van der Waals surface area contributed by atoms with E-state index in [9.17, 15) is 19.2 Å². The minimum atomic E-state index is -1.79. The number of anilines is 1. The lowest BCUT2D eigenvalue weighted by Gasteiger charge is -2.37. The van der Waals surface area contributed by atoms with E-state index in [2.05, 4.69) is 0 Å². The molecule has 2 aliphatic heterocycles. The van der Waals surface area contributed by atoms with Crippen LogP contribution in [0, 0.1) is 11.2 Å². The van der Waals surface area contributed by atoms with Crippen molar-refractivity contribution in [3.63, 3.8) is 0 Å². The van der Waals surface area contributed by atoms with Crippen LogP contribution in [0.25, 0.3) is 6.08 Å². The number of fused-ring (bicyclic) bond motifs is 5. The average Bonchev–Trinajstić information content (AvgIpc) is 3.30. The fourth-order valence-electron chi connectivity index (χ4n) is 6.44. The van der Waals surface area contributed by atoms with Crippen LogP contribution in [0.4, 0.5) is 10.1 Å². The summed E-state index contributed by atoms with van der Waals surface area (Å²) in [6.45, 7) is 2.64. The van der Waals surface area contributed by atoms with Crippen LogP contribution in [0.15, 0.2) is 72.8 Å². The molecule has 3 atom stereocenters. The van der Waals surface area contributed by atoms with E-state index < -0.39 is 46.8 Å². The molecule has 6 rings (SSSR count). The van der Waals surface area contributed by atoms with Gasteiger partial charge in [0.25, 0.3) is 0 Å². The predicted octanol–water partition coefficient (Wildman–Crippen LogP) is 4.77. The molecular formula is C30H22FNO5. The van der Waals surface area contributed by atoms with Gasteiger partial charge in [-0.05, 0) is 24.6 Å². The van der Waals surface area contributed by atoms with Gasteiger partial charge in [-0.15, -0.1) is 0 Å². The van der Waals surface area contributed by atoms with Crippen molar-refractivity contribution < 1.29 is 28.3 Å². The fraction of sp³-hybridized carbons (Fsp3) is 0.200. The summed E-state index contributed by atoms with van der Waals surface area (Å²) in [6, 6.07) is 15.6. The average molecular weight is 496 g/mol. The van der Waals surface area contributed by atoms with Gasteiger partial charge >= 0.3 is 5.97 Å². The molecule has 37 heavy (non-hydrogen) atoms. The molecule has 0 bridgehead atoms. The zero-order chi connectivity index (χ0) is 26.1. The minimum Gasteiger partial charge on any atom is -0.424 e. The number of rotatable bonds is 3. The van der Waals surface area contributed by atoms with E-state index >= 15 is 4.39 Å². The standard InChI is InChI=1S/C30H22FNO5/c1-16(33)26-25(21-11-5-6-12-22(21)31)30(28(35)19-9-3-4-10-20(19)29(30)36)24-15-14-18-8-7-13-23(37-17(2)34)27(18)32(24)26/h3-15,24-26H,1-2H3/t24-,25-,26-/m0/s1. The van der Waals surface area contributed by atoms with Crippen molar-refractivity contribution in [1.82, 2.24) is 0 Å². The second-order valence-corrected chi connectivity index (χ2v) is 9.63. The lowest BCUT2D eigenvalue weighted by Crippen LogP contribution is -2.48. The number of carbonyl (C=O) groups excluding carboxylic acids is 4. The molecule has 3 aromatic rings. The normalized spacial score (nSPS) is 22.6. The van der Waals surface area contributed by atoms with Crippen LogP contribution in [0.1, 0.15) is 51.6 Å². The van der Waals surface area contributed by atoms with Crippen LogP contribution >= 0.6 is 0 Å². The minimum absolute atomic E-state index is 0.117. The number of hydrogen-bond donors (Lipinski definition) is 0. The molecule has 0 radical (unpaired) electrons. The van der Waals surface area contributed by atoms with Gasteiger partial charge in [0.05, 0.1) is 17.8 Å². The van der Waals surface area contributed by atoms with Gasteiger partial charge in [0.1, 0.15) is 11.2 Å². The molecule has 6 nitrogen and oxygen atoms in total. The maximum Gasteiger partial charge on any atom is 0.308 e. The number of carbonyl (C=O) groups is 4. The predicted molar refractivity (Wildman–Crippen MR) is 134 cm³/mol. The Labute approximate surface area is 212 Å². The number of para-hydroxylation sites is 1. The summed E-state index contributed by atoms with van der Waals surface area (Å²) in [7, 11) is 0. The second-order valence-electron chi connectivity index (χ2n) is 9.63. The van der Waals surface area contributed by atoms with Gasteiger partial charge in [0.15, 0.2) is 23.1 Å². The maximum atomic E-state index is 15.5. The Morgan fingerprint density at radius 3 is 2.16 bits per heavy atom. The van der Waals surface area contributed by atoms with Crippen molar-refractivity contribution in [2.45, 2.75) is 31.8 Å². The summed E-state index contributed by atoms with van der Waals surface area (Å²) in [5.74, 6) is -3.32. The molecule has 1 spiro atoms. The molecule has 1 saturated heterocycles. The van der Waals surface area contributed by atoms with E-state index in [0.717, 1.165) is 0 Å². The zero-order valence-corrected chi connectivity index (χ0v) is 20.1. The molecule has 2 heterocycles. The fourth-order valence-corrected chi connectivity index (χ4v) is 6.44. The molecule has 0 aromatic heterocycles. The van der Waals surface area contributed by atoms with Gasteiger partial charge in [-0.2, -0.15) is 0 Å². The van der Waals surface area contributed by atoms with Crippen LogP contribution in [-0.2, 0) is 9.59 Å². The van der Waals surface area contributed by atoms with Gasteiger partial charge in [-0.3, -0.25) is 19.2 Å². The van der Waals surface area contributed by atoms with Crippen molar-refractivity contribution in [2.75, 3.05) is 4.90 Å². The van der Waals surface area contributed by atoms with Gasteiger partial charge in [-0.1, -0.05) is 66.7 Å². The lowest BCUT2D eigenvalue weighted by atomic mass is 9.64. The molecular weight excluding hydrogens is 473 g/mol. The second kappa shape index (κ2) is 8.06. The number of hydrogen-bond acceptors (Lipinski definition) is 6. The van der Waals surface area contributed by atoms with E-state index in [1.807, 2.05) is 0 Å². The topological polar surface area (TPSA) is 80.8 Å². The number of nitrogens with zero attached hydrogens (tertiary/aromatic N) is 1. The van der Waals surface area contributed by atoms with Crippen LogP contribution < -0.4 is 9.64 Å². The van der Waals surface area contributed by atoms with Crippen molar-refractivity contribution in [2.24, 2.45) is 5.41 Å². The molecule has 0 N–H and O–H groups in total. The monoisotopic (exact) mass is 495 g/mol. The Kier molecular flexibility index (Phi) is 5.02. The highest BCUT2D eigenvalue weighted by Crippen LogP contribution is 2.61. The molecule has 7 heteroatoms. The Hall–Kier alpha value is -4.39. The van der Waals surface area contributed by atoms with Crippen LogP contribution in [0.2, 0.25) is 0 Å². The molecule has 0 saturated carbocycles. The Bertz CT molecular complexity index is 1520. The first kappa shape index (κ1) is 23.0. The third kappa shape index (κ3) is 2.97. The molecule has 0 unspecified atom stereocenters. The highest BCUT2D eigenvalue weighted by molar-refractivity contribution is 6.32. The number of ether oxygens (including phenoxy) is 1. The number of benzene rings is 3. The van der Waals surface area contributed by atoms with Gasteiger partial charge in [0, 0.05) is 29.5 Å². The summed E-state index contributed by atoms with van der Waals surface area (Å²) >= 11 is 0. The highest BCUT2D eigenvalue weighted by Gasteiger charge is 2.71. The summed E-state index contributed by atoms with van der Waals surface area (Å²) in [4.78, 5) is 55.7. The van der Waals surface area contributed by atoms with Crippen LogP contribution in [0.3, 0.4) is 0 Å². The van der Waals surface area contributed by atoms with Crippen LogP contribution in [0.5, 0.6) is 5.75 Å².